The number of nitrogens with zero attached hydrogens (tertiary/aromatic N) is 2. The number of thiophene rings is 1. The molecule has 0 saturated carbocycles. The lowest BCUT2D eigenvalue weighted by molar-refractivity contribution is 0.528. The van der Waals surface area contributed by atoms with Gasteiger partial charge in [0.05, 0.1) is 14.4 Å². The second kappa shape index (κ2) is 5.73. The average molecular weight is 348 g/mol. The third-order valence-electron chi connectivity index (χ3n) is 1.95. The summed E-state index contributed by atoms with van der Waals surface area (Å²) in [5.41, 5.74) is 5.73. The van der Waals surface area contributed by atoms with Crippen LogP contribution in [0.1, 0.15) is 19.7 Å². The lowest BCUT2D eigenvalue weighted by Crippen LogP contribution is -2.34. The molecule has 2 rings (SSSR count). The maximum Gasteiger partial charge on any atom is 0.257 e. The van der Waals surface area contributed by atoms with Gasteiger partial charge in [-0.15, -0.1) is 21.5 Å². The monoisotopic (exact) mass is 347 g/mol. The molecular weight excluding hydrogens is 334 g/mol. The zero-order valence-electron chi connectivity index (χ0n) is 10.1. The van der Waals surface area contributed by atoms with Crippen molar-refractivity contribution < 1.29 is 4.42 Å². The van der Waals surface area contributed by atoms with E-state index in [-0.39, 0.29) is 5.54 Å². The van der Waals surface area contributed by atoms with Gasteiger partial charge in [-0.25, -0.2) is 0 Å². The second-order valence-electron chi connectivity index (χ2n) is 4.59. The third-order valence-corrected chi connectivity index (χ3v) is 4.96. The topological polar surface area (TPSA) is 64.9 Å². The van der Waals surface area contributed by atoms with Gasteiger partial charge in [0, 0.05) is 11.3 Å². The number of rotatable bonds is 5. The molecule has 0 unspecified atom stereocenters. The van der Waals surface area contributed by atoms with Crippen molar-refractivity contribution in [1.29, 1.82) is 0 Å². The van der Waals surface area contributed by atoms with Gasteiger partial charge < -0.3 is 10.2 Å². The first-order valence-electron chi connectivity index (χ1n) is 5.39. The molecule has 2 aromatic rings. The summed E-state index contributed by atoms with van der Waals surface area (Å²) in [5.74, 6) is 2.77. The molecule has 18 heavy (non-hydrogen) atoms. The highest BCUT2D eigenvalue weighted by atomic mass is 79.9. The summed E-state index contributed by atoms with van der Waals surface area (Å²) < 4.78 is 6.66. The number of nitrogens with two attached hydrogens (primary N) is 1. The van der Waals surface area contributed by atoms with Crippen LogP contribution in [0.5, 0.6) is 0 Å². The van der Waals surface area contributed by atoms with Gasteiger partial charge in [0.1, 0.15) is 0 Å². The molecule has 4 nitrogen and oxygen atoms in total. The van der Waals surface area contributed by atoms with Crippen LogP contribution in [0.15, 0.2) is 20.3 Å². The van der Waals surface area contributed by atoms with Gasteiger partial charge >= 0.3 is 0 Å². The van der Waals surface area contributed by atoms with E-state index in [1.807, 2.05) is 26.0 Å². The van der Waals surface area contributed by atoms with E-state index >= 15 is 0 Å². The Hall–Kier alpha value is -0.370. The zero-order valence-corrected chi connectivity index (χ0v) is 13.4. The van der Waals surface area contributed by atoms with Gasteiger partial charge in [0.2, 0.25) is 5.89 Å². The molecule has 0 aliphatic rings. The first kappa shape index (κ1) is 14.0. The Morgan fingerprint density at radius 3 is 2.83 bits per heavy atom. The largest absolute Gasteiger partial charge is 0.419 e. The lowest BCUT2D eigenvalue weighted by Gasteiger charge is -2.16. The average Bonchev–Trinajstić information content (AvgIpc) is 2.85. The van der Waals surface area contributed by atoms with Gasteiger partial charge in [-0.1, -0.05) is 0 Å². The minimum absolute atomic E-state index is 0.174. The molecule has 0 aliphatic heterocycles. The van der Waals surface area contributed by atoms with Crippen molar-refractivity contribution in [3.63, 3.8) is 0 Å². The quantitative estimate of drug-likeness (QED) is 0.895. The van der Waals surface area contributed by atoms with E-state index < -0.39 is 0 Å². The molecule has 2 aromatic heterocycles. The predicted octanol–water partition coefficient (Wildman–Crippen LogP) is 3.53. The van der Waals surface area contributed by atoms with E-state index in [0.717, 1.165) is 14.4 Å². The Kier molecular flexibility index (Phi) is 4.47. The molecule has 7 heteroatoms. The van der Waals surface area contributed by atoms with Crippen LogP contribution in [0.2, 0.25) is 0 Å². The van der Waals surface area contributed by atoms with Crippen LogP contribution in [0.3, 0.4) is 0 Å². The van der Waals surface area contributed by atoms with Crippen molar-refractivity contribution in [2.75, 3.05) is 5.75 Å². The van der Waals surface area contributed by atoms with Crippen molar-refractivity contribution in [3.8, 4) is 10.8 Å². The highest BCUT2D eigenvalue weighted by molar-refractivity contribution is 9.11. The fourth-order valence-corrected chi connectivity index (χ4v) is 3.47. The Bertz CT molecular complexity index is 518. The van der Waals surface area contributed by atoms with Gasteiger partial charge in [-0.3, -0.25) is 0 Å². The number of halogens is 1. The summed E-state index contributed by atoms with van der Waals surface area (Å²) in [5, 5.41) is 8.08. The molecule has 2 N–H and O–H groups in total. The fourth-order valence-electron chi connectivity index (χ4n) is 1.24. The van der Waals surface area contributed by atoms with Crippen LogP contribution >= 0.6 is 39.0 Å². The van der Waals surface area contributed by atoms with Crippen LogP contribution < -0.4 is 5.73 Å². The van der Waals surface area contributed by atoms with Crippen LogP contribution in [-0.2, 0) is 5.75 Å². The van der Waals surface area contributed by atoms with Crippen LogP contribution in [0.25, 0.3) is 10.8 Å². The Labute approximate surface area is 122 Å². The summed E-state index contributed by atoms with van der Waals surface area (Å²) in [4.78, 5) is 0.977. The second-order valence-corrected chi connectivity index (χ2v) is 8.03. The van der Waals surface area contributed by atoms with E-state index in [4.69, 9.17) is 10.2 Å². The normalized spacial score (nSPS) is 12.0. The fraction of sp³-hybridized carbons (Fsp3) is 0.455. The summed E-state index contributed by atoms with van der Waals surface area (Å²) in [6.45, 7) is 4.00. The molecule has 0 saturated heterocycles. The highest BCUT2D eigenvalue weighted by Gasteiger charge is 2.13. The molecule has 0 aromatic carbocycles. The van der Waals surface area contributed by atoms with Gasteiger partial charge in [-0.2, -0.15) is 11.8 Å². The number of hydrogen-bond acceptors (Lipinski definition) is 6. The van der Waals surface area contributed by atoms with E-state index in [1.54, 1.807) is 23.1 Å². The molecule has 0 aliphatic carbocycles. The molecule has 0 atom stereocenters. The minimum atomic E-state index is -0.174. The van der Waals surface area contributed by atoms with Crippen molar-refractivity contribution in [1.82, 2.24) is 10.2 Å². The number of aromatic nitrogens is 2. The minimum Gasteiger partial charge on any atom is -0.419 e. The molecule has 0 fully saturated rings. The first-order valence-corrected chi connectivity index (χ1v) is 8.15. The van der Waals surface area contributed by atoms with E-state index in [0.29, 0.717) is 17.5 Å². The Morgan fingerprint density at radius 2 is 2.22 bits per heavy atom. The standard InChI is InChI=1S/C11H14BrN3OS2/c1-11(2,13)6-17-5-9-14-15-10(16-9)7-3-4-8(12)18-7/h3-4H,5-6,13H2,1-2H3. The van der Waals surface area contributed by atoms with E-state index in [2.05, 4.69) is 26.1 Å². The van der Waals surface area contributed by atoms with Crippen molar-refractivity contribution >= 4 is 39.0 Å². The first-order chi connectivity index (χ1) is 8.44. The number of thioether (sulfide) groups is 1. The van der Waals surface area contributed by atoms with Crippen molar-refractivity contribution in [2.24, 2.45) is 5.73 Å². The summed E-state index contributed by atoms with van der Waals surface area (Å²) >= 11 is 6.69. The van der Waals surface area contributed by atoms with Gasteiger partial charge in [0.25, 0.3) is 5.89 Å². The van der Waals surface area contributed by atoms with Crippen LogP contribution in [-0.4, -0.2) is 21.5 Å². The summed E-state index contributed by atoms with van der Waals surface area (Å²) in [6, 6.07) is 3.93. The smallest absolute Gasteiger partial charge is 0.257 e. The number of hydrogen-bond donors (Lipinski definition) is 1. The maximum absolute atomic E-state index is 5.91. The van der Waals surface area contributed by atoms with Gasteiger partial charge in [-0.05, 0) is 41.9 Å². The van der Waals surface area contributed by atoms with Crippen LogP contribution in [0.4, 0.5) is 0 Å². The van der Waals surface area contributed by atoms with E-state index in [9.17, 15) is 0 Å². The zero-order chi connectivity index (χ0) is 13.2. The van der Waals surface area contributed by atoms with Crippen molar-refractivity contribution in [3.05, 3.63) is 21.8 Å². The lowest BCUT2D eigenvalue weighted by atomic mass is 10.1. The molecule has 2 heterocycles. The summed E-state index contributed by atoms with van der Waals surface area (Å²) in [7, 11) is 0. The Balaban J connectivity index is 1.94. The van der Waals surface area contributed by atoms with Crippen molar-refractivity contribution in [2.45, 2.75) is 25.1 Å². The van der Waals surface area contributed by atoms with Gasteiger partial charge in [0.15, 0.2) is 0 Å². The predicted molar refractivity (Wildman–Crippen MR) is 79.7 cm³/mol. The molecular formula is C11H14BrN3OS2. The third kappa shape index (κ3) is 4.08. The molecule has 0 amide bonds. The SMILES string of the molecule is CC(C)(N)CSCc1nnc(-c2ccc(Br)s2)o1. The summed E-state index contributed by atoms with van der Waals surface area (Å²) in [6.07, 6.45) is 0. The maximum atomic E-state index is 5.91. The Morgan fingerprint density at radius 1 is 1.44 bits per heavy atom. The van der Waals surface area contributed by atoms with Crippen LogP contribution in [0, 0.1) is 0 Å². The molecule has 0 bridgehead atoms. The molecule has 0 radical (unpaired) electrons. The molecule has 98 valence electrons. The van der Waals surface area contributed by atoms with E-state index in [1.165, 1.54) is 0 Å². The highest BCUT2D eigenvalue weighted by Crippen LogP contribution is 2.30. The molecule has 0 spiro atoms.